The molecule has 0 unspecified atom stereocenters. The Balaban J connectivity index is 2.36. The Labute approximate surface area is 130 Å². The molecule has 2 nitrogen and oxygen atoms in total. The van der Waals surface area contributed by atoms with Gasteiger partial charge in [-0.05, 0) is 65.3 Å². The molecule has 0 aliphatic heterocycles. The van der Waals surface area contributed by atoms with Crippen LogP contribution in [0.4, 0.5) is 10.1 Å². The largest absolute Gasteiger partial charge is 0.309 e. The van der Waals surface area contributed by atoms with E-state index in [1.54, 1.807) is 35.2 Å². The molecule has 104 valence electrons. The van der Waals surface area contributed by atoms with Crippen molar-refractivity contribution in [1.29, 1.82) is 0 Å². The fourth-order valence-corrected chi connectivity index (χ4v) is 2.73. The van der Waals surface area contributed by atoms with Crippen LogP contribution in [-0.2, 0) is 0 Å². The molecular weight excluding hydrogens is 345 g/mol. The maximum Gasteiger partial charge on any atom is 0.259 e. The van der Waals surface area contributed by atoms with E-state index in [0.717, 1.165) is 0 Å². The second-order valence-electron chi connectivity index (χ2n) is 4.15. The molecule has 0 atom stereocenters. The molecule has 0 fully saturated rings. The molecule has 0 bridgehead atoms. The van der Waals surface area contributed by atoms with Gasteiger partial charge in [-0.25, -0.2) is 4.39 Å². The van der Waals surface area contributed by atoms with Crippen molar-refractivity contribution in [2.75, 3.05) is 11.4 Å². The Bertz CT molecular complexity index is 630. The van der Waals surface area contributed by atoms with Gasteiger partial charge >= 0.3 is 0 Å². The molecule has 5 heteroatoms. The van der Waals surface area contributed by atoms with E-state index in [4.69, 9.17) is 11.6 Å². The SMILES string of the molecule is CCN(C(=O)c1ccc(Cl)cc1Br)c1ccc(F)cc1. The lowest BCUT2D eigenvalue weighted by atomic mass is 10.2. The van der Waals surface area contributed by atoms with Crippen molar-refractivity contribution < 1.29 is 9.18 Å². The molecule has 0 heterocycles. The lowest BCUT2D eigenvalue weighted by Crippen LogP contribution is -2.30. The topological polar surface area (TPSA) is 20.3 Å². The number of amides is 1. The van der Waals surface area contributed by atoms with Gasteiger partial charge in [0.15, 0.2) is 0 Å². The van der Waals surface area contributed by atoms with E-state index in [1.165, 1.54) is 12.1 Å². The third-order valence-electron chi connectivity index (χ3n) is 2.86. The minimum Gasteiger partial charge on any atom is -0.309 e. The van der Waals surface area contributed by atoms with Crippen molar-refractivity contribution >= 4 is 39.1 Å². The maximum absolute atomic E-state index is 13.0. The third-order valence-corrected chi connectivity index (χ3v) is 3.75. The number of halogens is 3. The number of nitrogens with zero attached hydrogens (tertiary/aromatic N) is 1. The predicted octanol–water partition coefficient (Wildman–Crippen LogP) is 4.91. The quantitative estimate of drug-likeness (QED) is 0.765. The van der Waals surface area contributed by atoms with Crippen molar-refractivity contribution in [3.05, 3.63) is 63.3 Å². The standard InChI is InChI=1S/C15H12BrClFNO/c1-2-19(12-6-4-11(18)5-7-12)15(20)13-8-3-10(17)9-14(13)16/h3-9H,2H2,1H3. The number of carbonyl (C=O) groups is 1. The highest BCUT2D eigenvalue weighted by Gasteiger charge is 2.18. The Morgan fingerprint density at radius 1 is 1.25 bits per heavy atom. The average Bonchev–Trinajstić information content (AvgIpc) is 2.41. The molecule has 0 spiro atoms. The fraction of sp³-hybridized carbons (Fsp3) is 0.133. The average molecular weight is 357 g/mol. The van der Waals surface area contributed by atoms with Crippen molar-refractivity contribution in [2.24, 2.45) is 0 Å². The van der Waals surface area contributed by atoms with Crippen molar-refractivity contribution in [3.63, 3.8) is 0 Å². The van der Waals surface area contributed by atoms with Gasteiger partial charge in [0, 0.05) is 21.7 Å². The van der Waals surface area contributed by atoms with Gasteiger partial charge in [0.2, 0.25) is 0 Å². The molecule has 2 aromatic rings. The van der Waals surface area contributed by atoms with E-state index >= 15 is 0 Å². The summed E-state index contributed by atoms with van der Waals surface area (Å²) in [6.07, 6.45) is 0. The minimum atomic E-state index is -0.329. The lowest BCUT2D eigenvalue weighted by Gasteiger charge is -2.21. The summed E-state index contributed by atoms with van der Waals surface area (Å²) in [5.41, 5.74) is 1.17. The van der Waals surface area contributed by atoms with Crippen molar-refractivity contribution in [3.8, 4) is 0 Å². The molecule has 0 N–H and O–H groups in total. The molecule has 0 radical (unpaired) electrons. The lowest BCUT2D eigenvalue weighted by molar-refractivity contribution is 0.0987. The fourth-order valence-electron chi connectivity index (χ4n) is 1.87. The van der Waals surface area contributed by atoms with Gasteiger partial charge in [0.1, 0.15) is 5.82 Å². The highest BCUT2D eigenvalue weighted by atomic mass is 79.9. The van der Waals surface area contributed by atoms with Crippen LogP contribution in [0.1, 0.15) is 17.3 Å². The molecule has 0 saturated heterocycles. The summed E-state index contributed by atoms with van der Waals surface area (Å²) in [5, 5.41) is 0.554. The predicted molar refractivity (Wildman–Crippen MR) is 82.9 cm³/mol. The first kappa shape index (κ1) is 15.0. The van der Waals surface area contributed by atoms with Gasteiger partial charge in [-0.15, -0.1) is 0 Å². The van der Waals surface area contributed by atoms with Crippen LogP contribution in [-0.4, -0.2) is 12.5 Å². The van der Waals surface area contributed by atoms with Crippen LogP contribution in [0, 0.1) is 5.82 Å². The van der Waals surface area contributed by atoms with E-state index in [0.29, 0.717) is 27.3 Å². The molecule has 0 aromatic heterocycles. The zero-order valence-electron chi connectivity index (χ0n) is 10.7. The molecule has 0 saturated carbocycles. The summed E-state index contributed by atoms with van der Waals surface area (Å²) in [7, 11) is 0. The summed E-state index contributed by atoms with van der Waals surface area (Å²) in [6.45, 7) is 2.35. The van der Waals surface area contributed by atoms with E-state index in [2.05, 4.69) is 15.9 Å². The van der Waals surface area contributed by atoms with Gasteiger partial charge in [0.25, 0.3) is 5.91 Å². The first-order valence-corrected chi connectivity index (χ1v) is 7.22. The monoisotopic (exact) mass is 355 g/mol. The number of hydrogen-bond acceptors (Lipinski definition) is 1. The van der Waals surface area contributed by atoms with Gasteiger partial charge < -0.3 is 4.90 Å². The van der Waals surface area contributed by atoms with Crippen molar-refractivity contribution in [2.45, 2.75) is 6.92 Å². The Kier molecular flexibility index (Phi) is 4.78. The van der Waals surface area contributed by atoms with E-state index in [9.17, 15) is 9.18 Å². The van der Waals surface area contributed by atoms with Gasteiger partial charge in [-0.3, -0.25) is 4.79 Å². The Hall–Kier alpha value is -1.39. The van der Waals surface area contributed by atoms with Crippen LogP contribution >= 0.6 is 27.5 Å². The van der Waals surface area contributed by atoms with Crippen LogP contribution in [0.5, 0.6) is 0 Å². The molecule has 20 heavy (non-hydrogen) atoms. The number of rotatable bonds is 3. The molecule has 2 aromatic carbocycles. The van der Waals surface area contributed by atoms with Crippen LogP contribution in [0.15, 0.2) is 46.9 Å². The number of hydrogen-bond donors (Lipinski definition) is 0. The summed E-state index contributed by atoms with van der Waals surface area (Å²) >= 11 is 9.21. The molecule has 0 aliphatic carbocycles. The Morgan fingerprint density at radius 2 is 1.90 bits per heavy atom. The van der Waals surface area contributed by atoms with E-state index in [-0.39, 0.29) is 11.7 Å². The zero-order chi connectivity index (χ0) is 14.7. The molecule has 0 aliphatic rings. The first-order valence-electron chi connectivity index (χ1n) is 6.05. The van der Waals surface area contributed by atoms with E-state index in [1.807, 2.05) is 6.92 Å². The van der Waals surface area contributed by atoms with E-state index < -0.39 is 0 Å². The van der Waals surface area contributed by atoms with Crippen LogP contribution < -0.4 is 4.90 Å². The van der Waals surface area contributed by atoms with Crippen LogP contribution in [0.3, 0.4) is 0 Å². The van der Waals surface area contributed by atoms with Gasteiger partial charge in [0.05, 0.1) is 5.56 Å². The van der Waals surface area contributed by atoms with Gasteiger partial charge in [-0.2, -0.15) is 0 Å². The number of benzene rings is 2. The van der Waals surface area contributed by atoms with Crippen LogP contribution in [0.25, 0.3) is 0 Å². The summed E-state index contributed by atoms with van der Waals surface area (Å²) in [4.78, 5) is 14.1. The summed E-state index contributed by atoms with van der Waals surface area (Å²) in [5.74, 6) is -0.493. The first-order chi connectivity index (χ1) is 9.52. The highest BCUT2D eigenvalue weighted by molar-refractivity contribution is 9.10. The van der Waals surface area contributed by atoms with Gasteiger partial charge in [-0.1, -0.05) is 11.6 Å². The zero-order valence-corrected chi connectivity index (χ0v) is 13.1. The smallest absolute Gasteiger partial charge is 0.259 e. The van der Waals surface area contributed by atoms with Crippen molar-refractivity contribution in [1.82, 2.24) is 0 Å². The second kappa shape index (κ2) is 6.37. The third kappa shape index (κ3) is 3.19. The molecular formula is C15H12BrClFNO. The normalized spacial score (nSPS) is 10.4. The Morgan fingerprint density at radius 3 is 2.45 bits per heavy atom. The number of anilines is 1. The second-order valence-corrected chi connectivity index (χ2v) is 5.44. The maximum atomic E-state index is 13.0. The minimum absolute atomic E-state index is 0.164. The number of carbonyl (C=O) groups excluding carboxylic acids is 1. The summed E-state index contributed by atoms with van der Waals surface area (Å²) in [6, 6.07) is 10.8. The molecule has 2 rings (SSSR count). The summed E-state index contributed by atoms with van der Waals surface area (Å²) < 4.78 is 13.6. The van der Waals surface area contributed by atoms with Crippen LogP contribution in [0.2, 0.25) is 5.02 Å². The molecule has 1 amide bonds. The highest BCUT2D eigenvalue weighted by Crippen LogP contribution is 2.25.